The molecule has 0 aromatic carbocycles. The van der Waals surface area contributed by atoms with E-state index in [1.165, 1.54) is 25.7 Å². The van der Waals surface area contributed by atoms with Crippen molar-refractivity contribution in [3.63, 3.8) is 0 Å². The van der Waals surface area contributed by atoms with Gasteiger partial charge < -0.3 is 14.2 Å². The van der Waals surface area contributed by atoms with Gasteiger partial charge in [0.15, 0.2) is 6.10 Å². The number of rotatable bonds is 35. The van der Waals surface area contributed by atoms with Gasteiger partial charge in [-0.2, -0.15) is 0 Å². The molecule has 0 saturated carbocycles. The van der Waals surface area contributed by atoms with E-state index >= 15 is 0 Å². The highest BCUT2D eigenvalue weighted by Gasteiger charge is 2.19. The molecule has 0 radical (unpaired) electrons. The Kier molecular flexibility index (Phi) is 39.8. The minimum Gasteiger partial charge on any atom is -0.462 e. The van der Waals surface area contributed by atoms with Crippen molar-refractivity contribution in [1.29, 1.82) is 0 Å². The van der Waals surface area contributed by atoms with E-state index in [0.29, 0.717) is 25.7 Å². The summed E-state index contributed by atoms with van der Waals surface area (Å²) in [5.74, 6) is -1.16. The molecule has 0 rings (SSSR count). The normalized spacial score (nSPS) is 13.4. The summed E-state index contributed by atoms with van der Waals surface area (Å²) in [6.45, 7) is 6.13. The van der Waals surface area contributed by atoms with E-state index in [-0.39, 0.29) is 38.4 Å². The molecule has 1 atom stereocenters. The molecule has 56 heavy (non-hydrogen) atoms. The van der Waals surface area contributed by atoms with Crippen LogP contribution in [0.2, 0.25) is 0 Å². The van der Waals surface area contributed by atoms with Gasteiger partial charge in [0.1, 0.15) is 13.2 Å². The van der Waals surface area contributed by atoms with Crippen LogP contribution >= 0.6 is 0 Å². The summed E-state index contributed by atoms with van der Waals surface area (Å²) in [6.07, 6.45) is 60.4. The first kappa shape index (κ1) is 51.6. The Morgan fingerprint density at radius 2 is 0.821 bits per heavy atom. The number of hydrogen-bond donors (Lipinski definition) is 0. The molecule has 0 N–H and O–H groups in total. The lowest BCUT2D eigenvalue weighted by Gasteiger charge is -2.18. The van der Waals surface area contributed by atoms with Crippen molar-refractivity contribution in [2.45, 2.75) is 149 Å². The van der Waals surface area contributed by atoms with Crippen molar-refractivity contribution in [3.05, 3.63) is 134 Å². The van der Waals surface area contributed by atoms with Crippen LogP contribution in [0, 0.1) is 0 Å². The monoisotopic (exact) mass is 771 g/mol. The van der Waals surface area contributed by atoms with Gasteiger partial charge in [0.25, 0.3) is 0 Å². The Labute approximate surface area is 341 Å². The smallest absolute Gasteiger partial charge is 0.306 e. The molecule has 0 aliphatic heterocycles. The van der Waals surface area contributed by atoms with E-state index < -0.39 is 18.0 Å². The van der Waals surface area contributed by atoms with E-state index in [1.54, 1.807) is 0 Å². The number of ether oxygens (including phenoxy) is 3. The standard InChI is InChI=1S/C50H74O6/c1-4-7-10-13-16-19-21-23-24-25-27-28-31-34-37-40-43-49(52)55-46-47(45-54-48(51)42-39-36-33-30-18-15-12-9-6-3)56-50(53)44-41-38-35-32-29-26-22-20-17-14-11-8-5-2/h7-8,10-11,14,16-17,19-20,22-24,26-30,32-35,37,47H,4-6,9,12-13,15,18,21,25,31,36,38-46H2,1-3H3/b10-7-,11-8-,17-14-,19-16-,22-20-,24-23-,28-27-,29-26-,33-30-,35-32-,37-34-. The predicted molar refractivity (Wildman–Crippen MR) is 237 cm³/mol. The first-order valence-electron chi connectivity index (χ1n) is 21.3. The maximum atomic E-state index is 12.6. The molecule has 6 heteroatoms. The van der Waals surface area contributed by atoms with E-state index in [4.69, 9.17) is 14.2 Å². The van der Waals surface area contributed by atoms with Crippen LogP contribution in [0.1, 0.15) is 143 Å². The fourth-order valence-electron chi connectivity index (χ4n) is 4.87. The largest absolute Gasteiger partial charge is 0.462 e. The average molecular weight is 771 g/mol. The zero-order valence-corrected chi connectivity index (χ0v) is 35.1. The molecule has 6 nitrogen and oxygen atoms in total. The zero-order valence-electron chi connectivity index (χ0n) is 35.1. The maximum Gasteiger partial charge on any atom is 0.306 e. The summed E-state index contributed by atoms with van der Waals surface area (Å²) in [5, 5.41) is 0. The molecule has 0 bridgehead atoms. The third kappa shape index (κ3) is 40.7. The van der Waals surface area contributed by atoms with Crippen LogP contribution in [-0.4, -0.2) is 37.2 Å². The van der Waals surface area contributed by atoms with Crippen LogP contribution in [0.25, 0.3) is 0 Å². The van der Waals surface area contributed by atoms with Crippen LogP contribution in [0.3, 0.4) is 0 Å². The summed E-state index contributed by atoms with van der Waals surface area (Å²) in [5.41, 5.74) is 0. The van der Waals surface area contributed by atoms with Gasteiger partial charge >= 0.3 is 17.9 Å². The highest BCUT2D eigenvalue weighted by molar-refractivity contribution is 5.71. The van der Waals surface area contributed by atoms with Crippen molar-refractivity contribution in [2.24, 2.45) is 0 Å². The fraction of sp³-hybridized carbons (Fsp3) is 0.500. The molecule has 0 heterocycles. The van der Waals surface area contributed by atoms with Crippen LogP contribution < -0.4 is 0 Å². The average Bonchev–Trinajstić information content (AvgIpc) is 3.19. The Morgan fingerprint density at radius 1 is 0.393 bits per heavy atom. The number of unbranched alkanes of at least 4 members (excludes halogenated alkanes) is 6. The summed E-state index contributed by atoms with van der Waals surface area (Å²) in [7, 11) is 0. The van der Waals surface area contributed by atoms with Crippen molar-refractivity contribution < 1.29 is 28.6 Å². The van der Waals surface area contributed by atoms with Gasteiger partial charge in [-0.3, -0.25) is 14.4 Å². The molecule has 0 aliphatic rings. The molecule has 0 aliphatic carbocycles. The van der Waals surface area contributed by atoms with Crippen LogP contribution in [0.15, 0.2) is 134 Å². The lowest BCUT2D eigenvalue weighted by Crippen LogP contribution is -2.30. The molecule has 0 aromatic rings. The maximum absolute atomic E-state index is 12.6. The van der Waals surface area contributed by atoms with Crippen molar-refractivity contribution >= 4 is 17.9 Å². The minimum atomic E-state index is -0.858. The molecular weight excluding hydrogens is 697 g/mol. The van der Waals surface area contributed by atoms with Crippen LogP contribution in [0.4, 0.5) is 0 Å². The number of carbonyl (C=O) groups is 3. The number of carbonyl (C=O) groups excluding carboxylic acids is 3. The van der Waals surface area contributed by atoms with Gasteiger partial charge in [-0.1, -0.05) is 174 Å². The lowest BCUT2D eigenvalue weighted by atomic mass is 10.1. The predicted octanol–water partition coefficient (Wildman–Crippen LogP) is 13.6. The van der Waals surface area contributed by atoms with Crippen molar-refractivity contribution in [3.8, 4) is 0 Å². The van der Waals surface area contributed by atoms with E-state index in [1.807, 2.05) is 66.8 Å². The van der Waals surface area contributed by atoms with E-state index in [0.717, 1.165) is 51.4 Å². The number of allylic oxidation sites excluding steroid dienone is 22. The van der Waals surface area contributed by atoms with Crippen LogP contribution in [-0.2, 0) is 28.6 Å². The summed E-state index contributed by atoms with van der Waals surface area (Å²) in [4.78, 5) is 37.5. The summed E-state index contributed by atoms with van der Waals surface area (Å²) >= 11 is 0. The zero-order chi connectivity index (χ0) is 40.8. The van der Waals surface area contributed by atoms with Gasteiger partial charge in [0.2, 0.25) is 0 Å². The quantitative estimate of drug-likeness (QED) is 0.0210. The molecule has 1 unspecified atom stereocenters. The van der Waals surface area contributed by atoms with E-state index in [9.17, 15) is 14.4 Å². The van der Waals surface area contributed by atoms with Crippen molar-refractivity contribution in [1.82, 2.24) is 0 Å². The second-order valence-electron chi connectivity index (χ2n) is 13.2. The molecular formula is C50H74O6. The van der Waals surface area contributed by atoms with Gasteiger partial charge in [-0.15, -0.1) is 0 Å². The molecule has 0 saturated heterocycles. The van der Waals surface area contributed by atoms with Gasteiger partial charge in [0, 0.05) is 19.3 Å². The third-order valence-corrected chi connectivity index (χ3v) is 8.01. The Bertz CT molecular complexity index is 1300. The van der Waals surface area contributed by atoms with Gasteiger partial charge in [0.05, 0.1) is 0 Å². The second-order valence-corrected chi connectivity index (χ2v) is 13.2. The first-order valence-corrected chi connectivity index (χ1v) is 21.3. The SMILES string of the molecule is CC\C=C/C=C\C=C/C=C\C=C/CCCC(=O)OC(COC(=O)CC/C=C\C/C=C\C/C=C\C/C=C\C/C=C\CC)COC(=O)CCC/C=C\CCCCCC. The molecule has 0 aromatic heterocycles. The van der Waals surface area contributed by atoms with E-state index in [2.05, 4.69) is 87.6 Å². The highest BCUT2D eigenvalue weighted by atomic mass is 16.6. The topological polar surface area (TPSA) is 78.9 Å². The lowest BCUT2D eigenvalue weighted by molar-refractivity contribution is -0.166. The number of esters is 3. The summed E-state index contributed by atoms with van der Waals surface area (Å²) < 4.78 is 16.5. The summed E-state index contributed by atoms with van der Waals surface area (Å²) in [6, 6.07) is 0. The Balaban J connectivity index is 4.67. The van der Waals surface area contributed by atoms with Crippen molar-refractivity contribution in [2.75, 3.05) is 13.2 Å². The number of hydrogen-bond acceptors (Lipinski definition) is 6. The first-order chi connectivity index (χ1) is 27.5. The Hall–Kier alpha value is -4.45. The van der Waals surface area contributed by atoms with Gasteiger partial charge in [-0.05, 0) is 83.5 Å². The molecule has 0 spiro atoms. The third-order valence-electron chi connectivity index (χ3n) is 8.01. The fourth-order valence-corrected chi connectivity index (χ4v) is 4.87. The minimum absolute atomic E-state index is 0.151. The molecule has 310 valence electrons. The molecule has 0 fully saturated rings. The second kappa shape index (κ2) is 43.3. The highest BCUT2D eigenvalue weighted by Crippen LogP contribution is 2.08. The molecule has 0 amide bonds. The Morgan fingerprint density at radius 3 is 1.38 bits per heavy atom. The van der Waals surface area contributed by atoms with Crippen LogP contribution in [0.5, 0.6) is 0 Å². The van der Waals surface area contributed by atoms with Gasteiger partial charge in [-0.25, -0.2) is 0 Å².